The molecule has 0 radical (unpaired) electrons. The number of benzene rings is 1. The van der Waals surface area contributed by atoms with E-state index in [2.05, 4.69) is 15.3 Å². The third-order valence-corrected chi connectivity index (χ3v) is 7.21. The van der Waals surface area contributed by atoms with Crippen LogP contribution >= 0.6 is 11.3 Å². The van der Waals surface area contributed by atoms with Crippen molar-refractivity contribution in [2.45, 2.75) is 44.6 Å². The zero-order valence-corrected chi connectivity index (χ0v) is 18.7. The number of nitrogens with zero attached hydrogens (tertiary/aromatic N) is 3. The minimum absolute atomic E-state index is 0.00419. The number of hydrogen-bond acceptors (Lipinski definition) is 5. The predicted octanol–water partition coefficient (Wildman–Crippen LogP) is 4.71. The van der Waals surface area contributed by atoms with Crippen LogP contribution in [-0.4, -0.2) is 20.6 Å². The third kappa shape index (κ3) is 4.47. The summed E-state index contributed by atoms with van der Waals surface area (Å²) in [4.78, 5) is 23.6. The highest BCUT2D eigenvalue weighted by Gasteiger charge is 2.31. The van der Waals surface area contributed by atoms with Crippen molar-refractivity contribution in [1.29, 1.82) is 0 Å². The summed E-state index contributed by atoms with van der Waals surface area (Å²) in [5.41, 5.74) is 0.757. The van der Waals surface area contributed by atoms with Crippen LogP contribution in [0.2, 0.25) is 0 Å². The molecule has 0 saturated heterocycles. The number of alkyl halides is 3. The van der Waals surface area contributed by atoms with E-state index < -0.39 is 17.6 Å². The molecule has 3 aromatic heterocycles. The first-order valence-electron chi connectivity index (χ1n) is 10.8. The highest BCUT2D eigenvalue weighted by Crippen LogP contribution is 2.34. The fourth-order valence-electron chi connectivity index (χ4n) is 4.30. The number of nitrogens with one attached hydrogen (secondary N) is 1. The predicted molar refractivity (Wildman–Crippen MR) is 121 cm³/mol. The molecule has 0 saturated carbocycles. The second kappa shape index (κ2) is 8.92. The van der Waals surface area contributed by atoms with Gasteiger partial charge < -0.3 is 5.32 Å². The Bertz CT molecular complexity index is 1400. The summed E-state index contributed by atoms with van der Waals surface area (Å²) in [6.45, 7) is 0.329. The number of pyridine rings is 1. The monoisotopic (exact) mass is 488 g/mol. The van der Waals surface area contributed by atoms with Gasteiger partial charge in [0.05, 0.1) is 29.5 Å². The second-order valence-electron chi connectivity index (χ2n) is 8.31. The molecule has 1 aliphatic rings. The molecule has 0 spiro atoms. The van der Waals surface area contributed by atoms with Crippen LogP contribution in [0.5, 0.6) is 0 Å². The van der Waals surface area contributed by atoms with Gasteiger partial charge in [-0.25, -0.2) is 9.37 Å². The largest absolute Gasteiger partial charge is 0.416 e. The van der Waals surface area contributed by atoms with Crippen molar-refractivity contribution in [1.82, 2.24) is 19.9 Å². The lowest BCUT2D eigenvalue weighted by Crippen LogP contribution is -2.34. The van der Waals surface area contributed by atoms with Crippen molar-refractivity contribution in [3.63, 3.8) is 0 Å². The molecule has 10 heteroatoms. The number of fused-ring (bicyclic) bond motifs is 3. The number of halogens is 4. The summed E-state index contributed by atoms with van der Waals surface area (Å²) < 4.78 is 54.5. The first-order valence-corrected chi connectivity index (χ1v) is 11.6. The van der Waals surface area contributed by atoms with Crippen LogP contribution in [-0.2, 0) is 32.1 Å². The number of thiophene rings is 1. The molecule has 1 aromatic carbocycles. The highest BCUT2D eigenvalue weighted by molar-refractivity contribution is 7.18. The summed E-state index contributed by atoms with van der Waals surface area (Å²) in [5.74, 6) is -0.670. The maximum atomic E-state index is 14.1. The molecule has 1 aliphatic carbocycles. The summed E-state index contributed by atoms with van der Waals surface area (Å²) in [6, 6.07) is 7.94. The first-order chi connectivity index (χ1) is 16.3. The van der Waals surface area contributed by atoms with E-state index >= 15 is 0 Å². The van der Waals surface area contributed by atoms with Gasteiger partial charge in [-0.3, -0.25) is 14.3 Å². The van der Waals surface area contributed by atoms with Gasteiger partial charge in [-0.2, -0.15) is 13.2 Å². The molecule has 0 amide bonds. The third-order valence-electron chi connectivity index (χ3n) is 6.05. The highest BCUT2D eigenvalue weighted by atomic mass is 32.1. The SMILES string of the molecule is O=c1c2c3c(sc2ncn1Cc1ccccn1)C[C@H](NCc1cc(C(F)(F)F)ccc1F)CC3. The number of aryl methyl sites for hydroxylation is 1. The average Bonchev–Trinajstić information content (AvgIpc) is 3.19. The zero-order valence-electron chi connectivity index (χ0n) is 17.9. The number of hydrogen-bond donors (Lipinski definition) is 1. The quantitative estimate of drug-likeness (QED) is 0.414. The Kier molecular flexibility index (Phi) is 5.95. The molecule has 0 aliphatic heterocycles. The van der Waals surface area contributed by atoms with Gasteiger partial charge in [-0.05, 0) is 55.2 Å². The van der Waals surface area contributed by atoms with Crippen LogP contribution in [0.1, 0.15) is 33.7 Å². The Morgan fingerprint density at radius 2 is 2.03 bits per heavy atom. The standard InChI is InChI=1S/C24H20F4N4OS/c25-19-7-4-15(24(26,27)28)9-14(19)11-30-16-5-6-18-20(10-16)34-22-21(18)23(33)32(13-31-22)12-17-3-1-2-8-29-17/h1-4,7-9,13,16,30H,5-6,10-12H2/t16-/m1/s1. The Hall–Kier alpha value is -3.11. The minimum atomic E-state index is -4.52. The van der Waals surface area contributed by atoms with Crippen LogP contribution < -0.4 is 10.9 Å². The molecule has 0 bridgehead atoms. The van der Waals surface area contributed by atoms with Crippen molar-refractivity contribution < 1.29 is 17.6 Å². The summed E-state index contributed by atoms with van der Waals surface area (Å²) in [7, 11) is 0. The molecule has 34 heavy (non-hydrogen) atoms. The van der Waals surface area contributed by atoms with Crippen LogP contribution in [0.15, 0.2) is 53.7 Å². The van der Waals surface area contributed by atoms with Crippen molar-refractivity contribution in [2.24, 2.45) is 0 Å². The van der Waals surface area contributed by atoms with Crippen LogP contribution in [0.3, 0.4) is 0 Å². The van der Waals surface area contributed by atoms with Crippen molar-refractivity contribution >= 4 is 21.6 Å². The van der Waals surface area contributed by atoms with Crippen LogP contribution in [0.4, 0.5) is 17.6 Å². The van der Waals surface area contributed by atoms with Gasteiger partial charge >= 0.3 is 6.18 Å². The lowest BCUT2D eigenvalue weighted by molar-refractivity contribution is -0.137. The lowest BCUT2D eigenvalue weighted by atomic mass is 9.93. The average molecular weight is 489 g/mol. The summed E-state index contributed by atoms with van der Waals surface area (Å²) in [5, 5.41) is 3.81. The van der Waals surface area contributed by atoms with Gasteiger partial charge in [0.15, 0.2) is 0 Å². The molecule has 3 heterocycles. The molecule has 5 nitrogen and oxygen atoms in total. The fraction of sp³-hybridized carbons (Fsp3) is 0.292. The van der Waals surface area contributed by atoms with Gasteiger partial charge in [0, 0.05) is 29.2 Å². The van der Waals surface area contributed by atoms with E-state index in [1.807, 2.05) is 18.2 Å². The second-order valence-corrected chi connectivity index (χ2v) is 9.39. The van der Waals surface area contributed by atoms with Crippen molar-refractivity contribution in [3.8, 4) is 0 Å². The topological polar surface area (TPSA) is 59.8 Å². The molecule has 1 atom stereocenters. The van der Waals surface area contributed by atoms with E-state index in [1.165, 1.54) is 17.7 Å². The first kappa shape index (κ1) is 22.7. The van der Waals surface area contributed by atoms with E-state index in [0.717, 1.165) is 34.3 Å². The Labute approximate surface area is 196 Å². The Balaban J connectivity index is 1.34. The number of rotatable bonds is 5. The van der Waals surface area contributed by atoms with E-state index in [4.69, 9.17) is 0 Å². The van der Waals surface area contributed by atoms with E-state index in [9.17, 15) is 22.4 Å². The zero-order chi connectivity index (χ0) is 23.9. The fourth-order valence-corrected chi connectivity index (χ4v) is 5.55. The van der Waals surface area contributed by atoms with Crippen molar-refractivity contribution in [2.75, 3.05) is 0 Å². The maximum Gasteiger partial charge on any atom is 0.416 e. The minimum Gasteiger partial charge on any atom is -0.309 e. The molecular weight excluding hydrogens is 468 g/mol. The van der Waals surface area contributed by atoms with Gasteiger partial charge in [-0.1, -0.05) is 6.07 Å². The number of aromatic nitrogens is 3. The van der Waals surface area contributed by atoms with E-state index in [0.29, 0.717) is 36.0 Å². The van der Waals surface area contributed by atoms with E-state index in [1.54, 1.807) is 10.8 Å². The van der Waals surface area contributed by atoms with Gasteiger partial charge in [0.2, 0.25) is 0 Å². The Morgan fingerprint density at radius 1 is 1.18 bits per heavy atom. The lowest BCUT2D eigenvalue weighted by Gasteiger charge is -2.23. The molecular formula is C24H20F4N4OS. The molecule has 0 fully saturated rings. The van der Waals surface area contributed by atoms with Crippen molar-refractivity contribution in [3.05, 3.63) is 92.4 Å². The molecule has 4 aromatic rings. The molecule has 1 N–H and O–H groups in total. The summed E-state index contributed by atoms with van der Waals surface area (Å²) in [6.07, 6.45) is 0.632. The smallest absolute Gasteiger partial charge is 0.309 e. The van der Waals surface area contributed by atoms with E-state index in [-0.39, 0.29) is 23.7 Å². The maximum absolute atomic E-state index is 14.1. The van der Waals surface area contributed by atoms with Gasteiger partial charge in [0.25, 0.3) is 5.56 Å². The molecule has 176 valence electrons. The summed E-state index contributed by atoms with van der Waals surface area (Å²) >= 11 is 1.46. The normalized spacial score (nSPS) is 16.1. The van der Waals surface area contributed by atoms with Crippen LogP contribution in [0.25, 0.3) is 10.2 Å². The van der Waals surface area contributed by atoms with Gasteiger partial charge in [-0.15, -0.1) is 11.3 Å². The van der Waals surface area contributed by atoms with Gasteiger partial charge in [0.1, 0.15) is 10.6 Å². The molecule has 0 unspecified atom stereocenters. The van der Waals surface area contributed by atoms with Crippen LogP contribution in [0, 0.1) is 5.82 Å². The molecule has 5 rings (SSSR count). The Morgan fingerprint density at radius 3 is 2.79 bits per heavy atom.